The highest BCUT2D eigenvalue weighted by molar-refractivity contribution is 5.56. The van der Waals surface area contributed by atoms with Crippen LogP contribution in [-0.4, -0.2) is 22.3 Å². The van der Waals surface area contributed by atoms with E-state index in [9.17, 15) is 0 Å². The van der Waals surface area contributed by atoms with Gasteiger partial charge in [0.1, 0.15) is 5.82 Å². The minimum absolute atomic E-state index is 0.578. The number of nitrogens with zero attached hydrogens (tertiary/aromatic N) is 2. The third kappa shape index (κ3) is 1.82. The first kappa shape index (κ1) is 8.55. The molecule has 2 aromatic rings. The summed E-state index contributed by atoms with van der Waals surface area (Å²) in [7, 11) is 1.59. The molecule has 0 unspecified atom stereocenters. The Labute approximate surface area is 81.1 Å². The third-order valence-corrected chi connectivity index (χ3v) is 1.72. The number of anilines is 2. The molecule has 0 aliphatic heterocycles. The van der Waals surface area contributed by atoms with Gasteiger partial charge in [-0.25, -0.2) is 4.98 Å². The zero-order valence-corrected chi connectivity index (χ0v) is 7.69. The van der Waals surface area contributed by atoms with Gasteiger partial charge in [0.25, 0.3) is 0 Å². The highest BCUT2D eigenvalue weighted by Crippen LogP contribution is 2.16. The fraction of sp³-hybridized carbons (Fsp3) is 0.111. The number of ether oxygens (including phenoxy) is 1. The van der Waals surface area contributed by atoms with Gasteiger partial charge in [0, 0.05) is 24.0 Å². The number of H-pyrrole nitrogens is 1. The zero-order valence-electron chi connectivity index (χ0n) is 7.69. The highest BCUT2D eigenvalue weighted by Gasteiger charge is 1.97. The predicted octanol–water partition coefficient (Wildman–Crippen LogP) is 1.56. The van der Waals surface area contributed by atoms with Gasteiger partial charge >= 0.3 is 0 Å². The molecule has 0 bridgehead atoms. The van der Waals surface area contributed by atoms with Crippen molar-refractivity contribution in [2.75, 3.05) is 12.4 Å². The maximum Gasteiger partial charge on any atom is 0.214 e. The molecule has 0 atom stereocenters. The number of aromatic amines is 1. The lowest BCUT2D eigenvalue weighted by Crippen LogP contribution is -1.93. The molecule has 2 rings (SSSR count). The Balaban J connectivity index is 2.17. The summed E-state index contributed by atoms with van der Waals surface area (Å²) in [6.45, 7) is 0. The molecular weight excluding hydrogens is 180 g/mol. The maximum absolute atomic E-state index is 5.00. The quantitative estimate of drug-likeness (QED) is 0.770. The van der Waals surface area contributed by atoms with Gasteiger partial charge < -0.3 is 10.1 Å². The Hall–Kier alpha value is -2.04. The van der Waals surface area contributed by atoms with Gasteiger partial charge in [-0.05, 0) is 6.07 Å². The monoisotopic (exact) mass is 190 g/mol. The van der Waals surface area contributed by atoms with Crippen LogP contribution < -0.4 is 10.1 Å². The summed E-state index contributed by atoms with van der Waals surface area (Å²) < 4.78 is 5.00. The van der Waals surface area contributed by atoms with E-state index >= 15 is 0 Å². The summed E-state index contributed by atoms with van der Waals surface area (Å²) in [4.78, 5) is 4.00. The van der Waals surface area contributed by atoms with Crippen molar-refractivity contribution in [2.45, 2.75) is 0 Å². The van der Waals surface area contributed by atoms with Crippen LogP contribution in [0.2, 0.25) is 0 Å². The van der Waals surface area contributed by atoms with E-state index in [2.05, 4.69) is 20.5 Å². The number of aromatic nitrogens is 3. The van der Waals surface area contributed by atoms with E-state index in [0.29, 0.717) is 5.88 Å². The van der Waals surface area contributed by atoms with Gasteiger partial charge in [-0.15, -0.1) is 0 Å². The Morgan fingerprint density at radius 1 is 1.36 bits per heavy atom. The van der Waals surface area contributed by atoms with Crippen molar-refractivity contribution in [3.8, 4) is 5.88 Å². The minimum Gasteiger partial charge on any atom is -0.481 e. The van der Waals surface area contributed by atoms with Crippen LogP contribution in [0.5, 0.6) is 5.88 Å². The molecule has 0 radical (unpaired) electrons. The predicted molar refractivity (Wildman–Crippen MR) is 52.7 cm³/mol. The van der Waals surface area contributed by atoms with Crippen LogP contribution in [0.1, 0.15) is 0 Å². The lowest BCUT2D eigenvalue weighted by atomic mass is 10.4. The average molecular weight is 190 g/mol. The van der Waals surface area contributed by atoms with Gasteiger partial charge in [-0.1, -0.05) is 0 Å². The summed E-state index contributed by atoms with van der Waals surface area (Å²) in [5.74, 6) is 1.41. The number of hydrogen-bond acceptors (Lipinski definition) is 4. The van der Waals surface area contributed by atoms with Gasteiger partial charge in [0.15, 0.2) is 0 Å². The van der Waals surface area contributed by atoms with E-state index in [0.717, 1.165) is 11.5 Å². The smallest absolute Gasteiger partial charge is 0.214 e. The number of hydrogen-bond donors (Lipinski definition) is 2. The first-order valence-corrected chi connectivity index (χ1v) is 4.15. The molecule has 0 amide bonds. The van der Waals surface area contributed by atoms with Crippen molar-refractivity contribution in [2.24, 2.45) is 0 Å². The lowest BCUT2D eigenvalue weighted by Gasteiger charge is -2.04. The Morgan fingerprint density at radius 3 is 3.00 bits per heavy atom. The van der Waals surface area contributed by atoms with Crippen molar-refractivity contribution in [3.05, 3.63) is 30.6 Å². The minimum atomic E-state index is 0.578. The molecule has 14 heavy (non-hydrogen) atoms. The summed E-state index contributed by atoms with van der Waals surface area (Å²) >= 11 is 0. The molecule has 2 N–H and O–H groups in total. The lowest BCUT2D eigenvalue weighted by molar-refractivity contribution is 0.398. The van der Waals surface area contributed by atoms with Crippen LogP contribution >= 0.6 is 0 Å². The van der Waals surface area contributed by atoms with E-state index in [4.69, 9.17) is 4.74 Å². The second kappa shape index (κ2) is 3.78. The fourth-order valence-electron chi connectivity index (χ4n) is 1.08. The van der Waals surface area contributed by atoms with Crippen molar-refractivity contribution in [1.82, 2.24) is 15.2 Å². The van der Waals surface area contributed by atoms with E-state index in [1.807, 2.05) is 12.1 Å². The molecule has 0 aliphatic carbocycles. The molecule has 2 heterocycles. The molecule has 0 aromatic carbocycles. The fourth-order valence-corrected chi connectivity index (χ4v) is 1.08. The van der Waals surface area contributed by atoms with Crippen LogP contribution in [0.25, 0.3) is 0 Å². The second-order valence-electron chi connectivity index (χ2n) is 2.68. The zero-order chi connectivity index (χ0) is 9.80. The molecule has 0 spiro atoms. The van der Waals surface area contributed by atoms with Crippen molar-refractivity contribution < 1.29 is 4.74 Å². The van der Waals surface area contributed by atoms with Gasteiger partial charge in [0.05, 0.1) is 13.3 Å². The van der Waals surface area contributed by atoms with Crippen molar-refractivity contribution in [3.63, 3.8) is 0 Å². The molecule has 0 saturated heterocycles. The molecule has 5 nitrogen and oxygen atoms in total. The normalized spacial score (nSPS) is 9.79. The first-order chi connectivity index (χ1) is 6.88. The average Bonchev–Trinajstić information content (AvgIpc) is 2.71. The molecule has 5 heteroatoms. The Kier molecular flexibility index (Phi) is 2.31. The first-order valence-electron chi connectivity index (χ1n) is 4.15. The SMILES string of the molecule is COc1cc(Nc2ccn[nH]2)ccn1. The standard InChI is InChI=1S/C9H10N4O/c1-14-9-6-7(2-4-10-9)12-8-3-5-11-13-8/h2-6H,1H3,(H2,10,11,12,13). The van der Waals surface area contributed by atoms with Crippen molar-refractivity contribution in [1.29, 1.82) is 0 Å². The molecule has 0 aliphatic rings. The van der Waals surface area contributed by atoms with E-state index in [1.54, 1.807) is 25.6 Å². The summed E-state index contributed by atoms with van der Waals surface area (Å²) in [6.07, 6.45) is 3.36. The van der Waals surface area contributed by atoms with E-state index in [-0.39, 0.29) is 0 Å². The molecule has 2 aromatic heterocycles. The van der Waals surface area contributed by atoms with Crippen molar-refractivity contribution >= 4 is 11.5 Å². The molecular formula is C9H10N4O. The second-order valence-corrected chi connectivity index (χ2v) is 2.68. The molecule has 72 valence electrons. The van der Waals surface area contributed by atoms with Crippen LogP contribution in [0, 0.1) is 0 Å². The Morgan fingerprint density at radius 2 is 2.29 bits per heavy atom. The van der Waals surface area contributed by atoms with Gasteiger partial charge in [-0.2, -0.15) is 5.10 Å². The number of nitrogens with one attached hydrogen (secondary N) is 2. The highest BCUT2D eigenvalue weighted by atomic mass is 16.5. The Bertz CT molecular complexity index is 399. The summed E-state index contributed by atoms with van der Waals surface area (Å²) in [5.41, 5.74) is 0.904. The maximum atomic E-state index is 5.00. The topological polar surface area (TPSA) is 62.8 Å². The third-order valence-electron chi connectivity index (χ3n) is 1.72. The molecule has 0 fully saturated rings. The number of methoxy groups -OCH3 is 1. The summed E-state index contributed by atoms with van der Waals surface area (Å²) in [5, 5.41) is 9.75. The van der Waals surface area contributed by atoms with Gasteiger partial charge in [0.2, 0.25) is 5.88 Å². The van der Waals surface area contributed by atoms with Crippen LogP contribution in [0.4, 0.5) is 11.5 Å². The number of pyridine rings is 1. The molecule has 0 saturated carbocycles. The summed E-state index contributed by atoms with van der Waals surface area (Å²) in [6, 6.07) is 5.50. The van der Waals surface area contributed by atoms with E-state index in [1.165, 1.54) is 0 Å². The van der Waals surface area contributed by atoms with Crippen LogP contribution in [-0.2, 0) is 0 Å². The van der Waals surface area contributed by atoms with Gasteiger partial charge in [-0.3, -0.25) is 5.10 Å². The number of rotatable bonds is 3. The van der Waals surface area contributed by atoms with Crippen LogP contribution in [0.3, 0.4) is 0 Å². The van der Waals surface area contributed by atoms with E-state index < -0.39 is 0 Å². The van der Waals surface area contributed by atoms with Crippen LogP contribution in [0.15, 0.2) is 30.6 Å². The largest absolute Gasteiger partial charge is 0.481 e.